The van der Waals surface area contributed by atoms with Crippen molar-refractivity contribution in [3.8, 4) is 0 Å². The van der Waals surface area contributed by atoms with Gasteiger partial charge in [-0.1, -0.05) is 12.1 Å². The van der Waals surface area contributed by atoms with Crippen LogP contribution in [-0.2, 0) is 12.6 Å². The molecule has 28 heavy (non-hydrogen) atoms. The van der Waals surface area contributed by atoms with Gasteiger partial charge in [0.1, 0.15) is 0 Å². The van der Waals surface area contributed by atoms with Crippen molar-refractivity contribution < 1.29 is 26.7 Å². The van der Waals surface area contributed by atoms with Crippen molar-refractivity contribution in [2.75, 3.05) is 11.9 Å². The van der Waals surface area contributed by atoms with E-state index in [-0.39, 0.29) is 5.69 Å². The van der Waals surface area contributed by atoms with Crippen LogP contribution in [0.5, 0.6) is 0 Å². The SMILES string of the molecule is CC1(Cc2ccc(F)c(F)c2)CCCN1C(=O)Nc1cccc(C(F)(F)F)c1. The van der Waals surface area contributed by atoms with Gasteiger partial charge in [0.05, 0.1) is 5.56 Å². The Kier molecular flexibility index (Phi) is 5.32. The minimum atomic E-state index is -4.50. The Hall–Kier alpha value is -2.64. The molecule has 1 heterocycles. The maximum Gasteiger partial charge on any atom is 0.416 e. The van der Waals surface area contributed by atoms with Crippen molar-refractivity contribution in [2.24, 2.45) is 0 Å². The highest BCUT2D eigenvalue weighted by Gasteiger charge is 2.40. The van der Waals surface area contributed by atoms with E-state index in [0.29, 0.717) is 31.4 Å². The van der Waals surface area contributed by atoms with Gasteiger partial charge in [-0.15, -0.1) is 0 Å². The Bertz CT molecular complexity index is 883. The molecule has 1 atom stereocenters. The Balaban J connectivity index is 1.76. The number of carbonyl (C=O) groups is 1. The predicted molar refractivity (Wildman–Crippen MR) is 94.9 cm³/mol. The molecular weight excluding hydrogens is 379 g/mol. The molecule has 1 saturated heterocycles. The standard InChI is InChI=1S/C20H19F5N2O/c1-19(12-13-6-7-16(21)17(22)10-13)8-3-9-27(19)18(28)26-15-5-2-4-14(11-15)20(23,24)25/h2,4-7,10-11H,3,8-9,12H2,1H3,(H,26,28). The third-order valence-corrected chi connectivity index (χ3v) is 5.00. The van der Waals surface area contributed by atoms with E-state index in [1.54, 1.807) is 0 Å². The summed E-state index contributed by atoms with van der Waals surface area (Å²) in [6.07, 6.45) is -2.85. The van der Waals surface area contributed by atoms with E-state index in [0.717, 1.165) is 24.3 Å². The lowest BCUT2D eigenvalue weighted by Crippen LogP contribution is -2.48. The van der Waals surface area contributed by atoms with Gasteiger partial charge in [0, 0.05) is 17.8 Å². The Morgan fingerprint density at radius 2 is 1.89 bits per heavy atom. The number of nitrogens with zero attached hydrogens (tertiary/aromatic N) is 1. The Morgan fingerprint density at radius 1 is 1.14 bits per heavy atom. The molecule has 1 unspecified atom stereocenters. The quantitative estimate of drug-likeness (QED) is 0.670. The van der Waals surface area contributed by atoms with Gasteiger partial charge in [-0.05, 0) is 62.1 Å². The van der Waals surface area contributed by atoms with Gasteiger partial charge in [-0.3, -0.25) is 0 Å². The van der Waals surface area contributed by atoms with Crippen molar-refractivity contribution in [3.63, 3.8) is 0 Å². The van der Waals surface area contributed by atoms with Crippen LogP contribution in [0.2, 0.25) is 0 Å². The van der Waals surface area contributed by atoms with Crippen molar-refractivity contribution >= 4 is 11.7 Å². The van der Waals surface area contributed by atoms with Crippen LogP contribution in [0, 0.1) is 11.6 Å². The molecule has 2 amide bonds. The molecule has 1 N–H and O–H groups in total. The zero-order chi connectivity index (χ0) is 20.5. The molecule has 2 aromatic carbocycles. The zero-order valence-corrected chi connectivity index (χ0v) is 15.1. The van der Waals surface area contributed by atoms with Crippen LogP contribution in [-0.4, -0.2) is 23.0 Å². The number of urea groups is 1. The fraction of sp³-hybridized carbons (Fsp3) is 0.350. The molecule has 0 spiro atoms. The second kappa shape index (κ2) is 7.41. The molecule has 1 fully saturated rings. The number of likely N-dealkylation sites (tertiary alicyclic amines) is 1. The molecule has 3 rings (SSSR count). The monoisotopic (exact) mass is 398 g/mol. The number of nitrogens with one attached hydrogen (secondary N) is 1. The zero-order valence-electron chi connectivity index (χ0n) is 15.1. The van der Waals surface area contributed by atoms with Gasteiger partial charge in [-0.25, -0.2) is 13.6 Å². The molecule has 0 saturated carbocycles. The molecule has 1 aliphatic heterocycles. The number of hydrogen-bond donors (Lipinski definition) is 1. The lowest BCUT2D eigenvalue weighted by Gasteiger charge is -2.35. The van der Waals surface area contributed by atoms with Crippen molar-refractivity contribution in [3.05, 3.63) is 65.2 Å². The molecule has 1 aliphatic rings. The summed E-state index contributed by atoms with van der Waals surface area (Å²) in [5, 5.41) is 2.51. The van der Waals surface area contributed by atoms with E-state index in [2.05, 4.69) is 5.32 Å². The summed E-state index contributed by atoms with van der Waals surface area (Å²) in [6.45, 7) is 2.25. The van der Waals surface area contributed by atoms with Crippen molar-refractivity contribution in [2.45, 2.75) is 37.9 Å². The number of hydrogen-bond acceptors (Lipinski definition) is 1. The molecule has 0 bridgehead atoms. The fourth-order valence-corrected chi connectivity index (χ4v) is 3.61. The fourth-order valence-electron chi connectivity index (χ4n) is 3.61. The topological polar surface area (TPSA) is 32.3 Å². The van der Waals surface area contributed by atoms with Gasteiger partial charge in [0.15, 0.2) is 11.6 Å². The molecule has 8 heteroatoms. The lowest BCUT2D eigenvalue weighted by atomic mass is 9.90. The van der Waals surface area contributed by atoms with Crippen LogP contribution in [0.3, 0.4) is 0 Å². The van der Waals surface area contributed by atoms with Gasteiger partial charge in [0.2, 0.25) is 0 Å². The minimum absolute atomic E-state index is 0.0434. The number of amides is 2. The van der Waals surface area contributed by atoms with E-state index in [9.17, 15) is 26.7 Å². The van der Waals surface area contributed by atoms with Crippen molar-refractivity contribution in [1.29, 1.82) is 0 Å². The first kappa shape index (κ1) is 20.1. The van der Waals surface area contributed by atoms with Gasteiger partial charge in [0.25, 0.3) is 0 Å². The highest BCUT2D eigenvalue weighted by molar-refractivity contribution is 5.90. The average Bonchev–Trinajstić information content (AvgIpc) is 2.99. The first-order chi connectivity index (χ1) is 13.1. The Morgan fingerprint density at radius 3 is 2.57 bits per heavy atom. The number of anilines is 1. The minimum Gasteiger partial charge on any atom is -0.319 e. The summed E-state index contributed by atoms with van der Waals surface area (Å²) >= 11 is 0. The normalized spacial score (nSPS) is 19.7. The molecule has 0 aromatic heterocycles. The molecule has 150 valence electrons. The summed E-state index contributed by atoms with van der Waals surface area (Å²) in [7, 11) is 0. The summed E-state index contributed by atoms with van der Waals surface area (Å²) in [4.78, 5) is 14.2. The van der Waals surface area contributed by atoms with Gasteiger partial charge < -0.3 is 10.2 Å². The first-order valence-electron chi connectivity index (χ1n) is 8.78. The van der Waals surface area contributed by atoms with Crippen LogP contribution in [0.25, 0.3) is 0 Å². The second-order valence-electron chi connectivity index (χ2n) is 7.19. The molecule has 0 aliphatic carbocycles. The smallest absolute Gasteiger partial charge is 0.319 e. The third-order valence-electron chi connectivity index (χ3n) is 5.00. The second-order valence-corrected chi connectivity index (χ2v) is 7.19. The largest absolute Gasteiger partial charge is 0.416 e. The highest BCUT2D eigenvalue weighted by atomic mass is 19.4. The van der Waals surface area contributed by atoms with Gasteiger partial charge in [-0.2, -0.15) is 13.2 Å². The number of halogens is 5. The summed E-state index contributed by atoms with van der Waals surface area (Å²) in [6, 6.07) is 7.49. The van der Waals surface area contributed by atoms with E-state index in [1.165, 1.54) is 23.1 Å². The predicted octanol–water partition coefficient (Wildman–Crippen LogP) is 5.61. The summed E-state index contributed by atoms with van der Waals surface area (Å²) in [5.41, 5.74) is -0.922. The van der Waals surface area contributed by atoms with Crippen LogP contribution in [0.4, 0.5) is 32.4 Å². The van der Waals surface area contributed by atoms with E-state index in [1.807, 2.05) is 6.92 Å². The number of rotatable bonds is 3. The Labute approximate surface area is 159 Å². The van der Waals surface area contributed by atoms with Crippen LogP contribution >= 0.6 is 0 Å². The third kappa shape index (κ3) is 4.26. The highest BCUT2D eigenvalue weighted by Crippen LogP contribution is 2.34. The summed E-state index contributed by atoms with van der Waals surface area (Å²) < 4.78 is 65.2. The van der Waals surface area contributed by atoms with Crippen LogP contribution in [0.1, 0.15) is 30.9 Å². The van der Waals surface area contributed by atoms with Crippen molar-refractivity contribution in [1.82, 2.24) is 4.90 Å². The van der Waals surface area contributed by atoms with E-state index < -0.39 is 34.9 Å². The molecular formula is C20H19F5N2O. The molecule has 3 nitrogen and oxygen atoms in total. The lowest BCUT2D eigenvalue weighted by molar-refractivity contribution is -0.137. The number of carbonyl (C=O) groups excluding carboxylic acids is 1. The van der Waals surface area contributed by atoms with E-state index in [4.69, 9.17) is 0 Å². The number of benzene rings is 2. The number of alkyl halides is 3. The first-order valence-corrected chi connectivity index (χ1v) is 8.78. The maximum absolute atomic E-state index is 13.5. The van der Waals surface area contributed by atoms with Crippen LogP contribution < -0.4 is 5.32 Å². The van der Waals surface area contributed by atoms with Crippen LogP contribution in [0.15, 0.2) is 42.5 Å². The molecule has 0 radical (unpaired) electrons. The maximum atomic E-state index is 13.5. The average molecular weight is 398 g/mol. The molecule has 2 aromatic rings. The van der Waals surface area contributed by atoms with E-state index >= 15 is 0 Å². The van der Waals surface area contributed by atoms with Gasteiger partial charge >= 0.3 is 12.2 Å². The summed E-state index contributed by atoms with van der Waals surface area (Å²) in [5.74, 6) is -1.90.